The second-order valence-electron chi connectivity index (χ2n) is 3.73. The second-order valence-corrected chi connectivity index (χ2v) is 3.73. The highest BCUT2D eigenvalue weighted by Crippen LogP contribution is 2.25. The van der Waals surface area contributed by atoms with E-state index in [0.717, 1.165) is 0 Å². The fourth-order valence-electron chi connectivity index (χ4n) is 1.55. The van der Waals surface area contributed by atoms with Gasteiger partial charge in [0, 0.05) is 28.9 Å². The van der Waals surface area contributed by atoms with Gasteiger partial charge in [-0.15, -0.1) is 0 Å². The first kappa shape index (κ1) is 5.43. The van der Waals surface area contributed by atoms with E-state index in [4.69, 9.17) is 19.8 Å². The summed E-state index contributed by atoms with van der Waals surface area (Å²) in [4.78, 5) is 0. The van der Waals surface area contributed by atoms with Crippen LogP contribution < -0.4 is 10.1 Å². The third kappa shape index (κ3) is 3.94. The van der Waals surface area contributed by atoms with Crippen LogP contribution in [0.3, 0.4) is 0 Å². The Bertz CT molecular complexity index is 873. The average Bonchev–Trinajstić information content (AvgIpc) is 2.57. The maximum atomic E-state index is 10.4. The molecule has 0 spiro atoms. The standard InChI is InChI=1S/C16H21NO2/c1-12(2)17-10-14(18)11-19-16-9-5-7-13-6-3-4-8-15(13)16/h3-9,12,14,17-18H,10-11H2,1-2H3/i1D3,2D3,10D2,11D2,14D. The van der Waals surface area contributed by atoms with Crippen LogP contribution in [0, 0.1) is 0 Å². The zero-order chi connectivity index (χ0) is 23.2. The molecular weight excluding hydrogens is 238 g/mol. The molecule has 0 heterocycles. The van der Waals surface area contributed by atoms with Crippen molar-refractivity contribution in [2.75, 3.05) is 13.1 Å². The highest BCUT2D eigenvalue weighted by Gasteiger charge is 2.07. The molecule has 0 fully saturated rings. The summed E-state index contributed by atoms with van der Waals surface area (Å²) in [7, 11) is 0. The lowest BCUT2D eigenvalue weighted by Gasteiger charge is -2.15. The van der Waals surface area contributed by atoms with Crippen molar-refractivity contribution in [2.24, 2.45) is 0 Å². The minimum Gasteiger partial charge on any atom is -0.490 e. The monoisotopic (exact) mass is 270 g/mol. The third-order valence-electron chi connectivity index (χ3n) is 2.34. The molecule has 0 aliphatic heterocycles. The largest absolute Gasteiger partial charge is 0.490 e. The van der Waals surface area contributed by atoms with Crippen molar-refractivity contribution >= 4 is 10.8 Å². The molecule has 2 aromatic carbocycles. The molecule has 0 amide bonds. The van der Waals surface area contributed by atoms with Gasteiger partial charge in [-0.25, -0.2) is 0 Å². The minimum atomic E-state index is -3.74. The Kier molecular flexibility index (Phi) is 1.87. The van der Waals surface area contributed by atoms with Crippen LogP contribution in [0.4, 0.5) is 0 Å². The number of aliphatic hydroxyl groups is 1. The van der Waals surface area contributed by atoms with Gasteiger partial charge in [-0.3, -0.25) is 0 Å². The van der Waals surface area contributed by atoms with E-state index in [1.165, 1.54) is 12.1 Å². The van der Waals surface area contributed by atoms with E-state index in [1.807, 2.05) is 0 Å². The van der Waals surface area contributed by atoms with Crippen molar-refractivity contribution in [2.45, 2.75) is 25.8 Å². The first-order valence-corrected chi connectivity index (χ1v) is 5.57. The van der Waals surface area contributed by atoms with Gasteiger partial charge in [-0.1, -0.05) is 50.1 Å². The normalized spacial score (nSPS) is 25.9. The van der Waals surface area contributed by atoms with Gasteiger partial charge in [0.1, 0.15) is 18.4 Å². The molecular formula is C16H21NO2. The van der Waals surface area contributed by atoms with Gasteiger partial charge in [0.05, 0.1) is 4.11 Å². The summed E-state index contributed by atoms with van der Waals surface area (Å²) in [6, 6.07) is 8.81. The Morgan fingerprint density at radius 1 is 1.32 bits per heavy atom. The van der Waals surface area contributed by atoms with E-state index in [-0.39, 0.29) is 5.75 Å². The Morgan fingerprint density at radius 3 is 2.95 bits per heavy atom. The molecule has 0 saturated heterocycles. The first-order chi connectivity index (χ1) is 13.4. The Labute approximate surface area is 129 Å². The van der Waals surface area contributed by atoms with Crippen LogP contribution in [-0.2, 0) is 0 Å². The summed E-state index contributed by atoms with van der Waals surface area (Å²) in [5.41, 5.74) is 0. The van der Waals surface area contributed by atoms with Gasteiger partial charge < -0.3 is 15.2 Å². The molecule has 102 valence electrons. The topological polar surface area (TPSA) is 41.5 Å². The summed E-state index contributed by atoms with van der Waals surface area (Å²) < 4.78 is 88.9. The highest BCUT2D eigenvalue weighted by molar-refractivity contribution is 5.88. The molecule has 0 radical (unpaired) electrons. The lowest BCUT2D eigenvalue weighted by atomic mass is 10.1. The van der Waals surface area contributed by atoms with Crippen molar-refractivity contribution in [3.63, 3.8) is 0 Å². The molecule has 19 heavy (non-hydrogen) atoms. The molecule has 1 unspecified atom stereocenters. The molecule has 2 rings (SSSR count). The molecule has 2 N–H and O–H groups in total. The maximum absolute atomic E-state index is 10.4. The number of hydrogen-bond acceptors (Lipinski definition) is 3. The number of ether oxygens (including phenoxy) is 1. The Morgan fingerprint density at radius 2 is 2.11 bits per heavy atom. The van der Waals surface area contributed by atoms with Crippen molar-refractivity contribution in [1.82, 2.24) is 5.32 Å². The Hall–Kier alpha value is -1.58. The highest BCUT2D eigenvalue weighted by atomic mass is 16.5. The lowest BCUT2D eigenvalue weighted by Crippen LogP contribution is -2.35. The number of fused-ring (bicyclic) bond motifs is 1. The quantitative estimate of drug-likeness (QED) is 0.847. The SMILES string of the molecule is [2H]C([2H])([2H])C(NC([2H])([2H])C([2H])(O)C([2H])([2H])Oc1cccc2ccccc12)C([2H])([2H])[2H]. The summed E-state index contributed by atoms with van der Waals surface area (Å²) >= 11 is 0. The van der Waals surface area contributed by atoms with Crippen LogP contribution >= 0.6 is 0 Å². The summed E-state index contributed by atoms with van der Waals surface area (Å²) in [5, 5.41) is 13.1. The van der Waals surface area contributed by atoms with E-state index in [2.05, 4.69) is 0 Å². The van der Waals surface area contributed by atoms with Gasteiger partial charge >= 0.3 is 0 Å². The Balaban J connectivity index is 2.41. The van der Waals surface area contributed by atoms with Crippen molar-refractivity contribution < 1.29 is 24.9 Å². The number of benzene rings is 2. The number of rotatable bonds is 6. The second kappa shape index (κ2) is 6.55. The predicted molar refractivity (Wildman–Crippen MR) is 78.6 cm³/mol. The molecule has 3 nitrogen and oxygen atoms in total. The molecule has 0 bridgehead atoms. The van der Waals surface area contributed by atoms with Crippen LogP contribution in [0.2, 0.25) is 0 Å². The summed E-state index contributed by atoms with van der Waals surface area (Å²) in [6.45, 7) is -13.4. The van der Waals surface area contributed by atoms with Crippen molar-refractivity contribution in [3.8, 4) is 5.75 Å². The fourth-order valence-corrected chi connectivity index (χ4v) is 1.55. The van der Waals surface area contributed by atoms with Crippen LogP contribution in [0.1, 0.15) is 28.8 Å². The van der Waals surface area contributed by atoms with E-state index in [1.54, 1.807) is 35.6 Å². The van der Waals surface area contributed by atoms with E-state index in [9.17, 15) is 5.11 Å². The first-order valence-electron chi connectivity index (χ1n) is 11.1. The number of nitrogens with one attached hydrogen (secondary N) is 1. The number of hydrogen-bond donors (Lipinski definition) is 2. The van der Waals surface area contributed by atoms with Crippen molar-refractivity contribution in [1.29, 1.82) is 0 Å². The van der Waals surface area contributed by atoms with Gasteiger partial charge in [0.25, 0.3) is 0 Å². The van der Waals surface area contributed by atoms with Crippen LogP contribution in [0.25, 0.3) is 10.8 Å². The molecule has 2 aromatic rings. The van der Waals surface area contributed by atoms with Crippen molar-refractivity contribution in [3.05, 3.63) is 42.5 Å². The van der Waals surface area contributed by atoms with Crippen LogP contribution in [-0.4, -0.2) is 30.3 Å². The van der Waals surface area contributed by atoms with E-state index < -0.39 is 38.9 Å². The van der Waals surface area contributed by atoms with Crippen LogP contribution in [0.5, 0.6) is 5.75 Å². The zero-order valence-electron chi connectivity index (χ0n) is 21.0. The zero-order valence-corrected chi connectivity index (χ0v) is 9.97. The van der Waals surface area contributed by atoms with E-state index >= 15 is 0 Å². The molecule has 0 aromatic heterocycles. The minimum absolute atomic E-state index is 0.0947. The summed E-state index contributed by atoms with van der Waals surface area (Å²) in [6.07, 6.45) is -3.74. The third-order valence-corrected chi connectivity index (χ3v) is 2.34. The van der Waals surface area contributed by atoms with E-state index in [0.29, 0.717) is 10.8 Å². The van der Waals surface area contributed by atoms with Gasteiger partial charge in [0.2, 0.25) is 0 Å². The fraction of sp³-hybridized carbons (Fsp3) is 0.375. The van der Waals surface area contributed by atoms with Gasteiger partial charge in [-0.05, 0) is 11.5 Å². The smallest absolute Gasteiger partial charge is 0.127 e. The molecule has 0 aliphatic carbocycles. The van der Waals surface area contributed by atoms with Gasteiger partial charge in [-0.2, -0.15) is 0 Å². The molecule has 0 saturated carbocycles. The van der Waals surface area contributed by atoms with Crippen LogP contribution in [0.15, 0.2) is 42.5 Å². The average molecular weight is 270 g/mol. The molecule has 3 heteroatoms. The predicted octanol–water partition coefficient (Wildman–Crippen LogP) is 2.58. The molecule has 0 aliphatic rings. The summed E-state index contributed by atoms with van der Waals surface area (Å²) in [5.74, 6) is -0.0947. The molecule has 1 atom stereocenters. The lowest BCUT2D eigenvalue weighted by molar-refractivity contribution is 0.105. The maximum Gasteiger partial charge on any atom is 0.127 e. The van der Waals surface area contributed by atoms with Gasteiger partial charge in [0.15, 0.2) is 0 Å².